The maximum Gasteiger partial charge on any atom is 0.354 e. The maximum atomic E-state index is 11.3. The predicted molar refractivity (Wildman–Crippen MR) is 54.4 cm³/mol. The summed E-state index contributed by atoms with van der Waals surface area (Å²) in [4.78, 5) is 11.2. The normalized spacial score (nSPS) is 11.4. The molecule has 0 amide bonds. The highest BCUT2D eigenvalue weighted by Crippen LogP contribution is 2.18. The van der Waals surface area contributed by atoms with Crippen LogP contribution in [0.3, 0.4) is 0 Å². The molecule has 0 saturated carbocycles. The summed E-state index contributed by atoms with van der Waals surface area (Å²) >= 11 is 0. The lowest BCUT2D eigenvalue weighted by Crippen LogP contribution is -2.08. The average Bonchev–Trinajstić information content (AvgIpc) is 2.47. The van der Waals surface area contributed by atoms with Crippen molar-refractivity contribution in [3.63, 3.8) is 0 Å². The number of aromatic nitrogens is 1. The molecule has 0 aliphatic carbocycles. The Morgan fingerprint density at radius 3 is 2.60 bits per heavy atom. The van der Waals surface area contributed by atoms with Gasteiger partial charge in [0, 0.05) is 23.9 Å². The number of ether oxygens (including phenoxy) is 1. The number of nitrogens with zero attached hydrogens (tertiary/aromatic N) is 1. The number of rotatable bonds is 3. The third kappa shape index (κ3) is 2.73. The van der Waals surface area contributed by atoms with Crippen molar-refractivity contribution in [2.75, 3.05) is 6.61 Å². The van der Waals surface area contributed by atoms with E-state index in [2.05, 4.69) is 0 Å². The lowest BCUT2D eigenvalue weighted by atomic mass is 10.4. The zero-order valence-corrected chi connectivity index (χ0v) is 9.80. The van der Waals surface area contributed by atoms with Crippen LogP contribution in [-0.4, -0.2) is 25.6 Å². The number of halogens is 1. The molecular weight excluding hydrogens is 242 g/mol. The molecule has 0 saturated heterocycles. The first-order chi connectivity index (χ1) is 6.86. The van der Waals surface area contributed by atoms with Crippen LogP contribution in [0.25, 0.3) is 0 Å². The third-order valence-electron chi connectivity index (χ3n) is 1.75. The molecule has 0 radical (unpaired) electrons. The van der Waals surface area contributed by atoms with Crippen LogP contribution in [-0.2, 0) is 20.8 Å². The fourth-order valence-corrected chi connectivity index (χ4v) is 1.87. The fraction of sp³-hybridized carbons (Fsp3) is 0.375. The van der Waals surface area contributed by atoms with Gasteiger partial charge in [0.15, 0.2) is 0 Å². The molecule has 1 heterocycles. The van der Waals surface area contributed by atoms with Gasteiger partial charge in [0.1, 0.15) is 10.6 Å². The largest absolute Gasteiger partial charge is 0.461 e. The Morgan fingerprint density at radius 1 is 1.60 bits per heavy atom. The monoisotopic (exact) mass is 251 g/mol. The highest BCUT2D eigenvalue weighted by atomic mass is 35.7. The van der Waals surface area contributed by atoms with Crippen molar-refractivity contribution in [3.8, 4) is 0 Å². The molecule has 0 spiro atoms. The molecule has 84 valence electrons. The van der Waals surface area contributed by atoms with Gasteiger partial charge in [0.25, 0.3) is 9.05 Å². The van der Waals surface area contributed by atoms with Gasteiger partial charge in [-0.15, -0.1) is 0 Å². The number of hydrogen-bond donors (Lipinski definition) is 0. The molecule has 0 bridgehead atoms. The second-order valence-electron chi connectivity index (χ2n) is 2.83. The van der Waals surface area contributed by atoms with Crippen LogP contribution >= 0.6 is 10.7 Å². The Bertz CT molecular complexity index is 477. The molecular formula is C8H10ClNO4S. The van der Waals surface area contributed by atoms with E-state index in [-0.39, 0.29) is 17.2 Å². The number of hydrogen-bond acceptors (Lipinski definition) is 4. The minimum absolute atomic E-state index is 0.116. The first-order valence-corrected chi connectivity index (χ1v) is 6.45. The van der Waals surface area contributed by atoms with E-state index in [1.807, 2.05) is 0 Å². The Balaban J connectivity index is 3.13. The topological polar surface area (TPSA) is 65.4 Å². The van der Waals surface area contributed by atoms with Gasteiger partial charge in [-0.2, -0.15) is 0 Å². The van der Waals surface area contributed by atoms with E-state index < -0.39 is 15.0 Å². The molecule has 1 aromatic rings. The summed E-state index contributed by atoms with van der Waals surface area (Å²) in [5, 5.41) is 0. The van der Waals surface area contributed by atoms with Crippen molar-refractivity contribution in [2.24, 2.45) is 7.05 Å². The molecule has 0 aliphatic rings. The summed E-state index contributed by atoms with van der Waals surface area (Å²) in [6, 6.07) is 1.18. The standard InChI is InChI=1S/C8H10ClNO4S/c1-3-14-8(11)7-4-6(5-10(7)2)15(9,12)13/h4-5H,3H2,1-2H3. The lowest BCUT2D eigenvalue weighted by molar-refractivity contribution is 0.0515. The smallest absolute Gasteiger partial charge is 0.354 e. The molecule has 1 aromatic heterocycles. The summed E-state index contributed by atoms with van der Waals surface area (Å²) < 4.78 is 28.0. The second-order valence-corrected chi connectivity index (χ2v) is 5.40. The Morgan fingerprint density at radius 2 is 2.20 bits per heavy atom. The van der Waals surface area contributed by atoms with E-state index in [1.165, 1.54) is 23.9 Å². The zero-order valence-electron chi connectivity index (χ0n) is 8.23. The minimum atomic E-state index is -3.81. The molecule has 0 atom stereocenters. The van der Waals surface area contributed by atoms with Crippen LogP contribution in [0, 0.1) is 0 Å². The van der Waals surface area contributed by atoms with E-state index in [4.69, 9.17) is 15.4 Å². The lowest BCUT2D eigenvalue weighted by Gasteiger charge is -2.01. The van der Waals surface area contributed by atoms with Crippen LogP contribution in [0.5, 0.6) is 0 Å². The molecule has 5 nitrogen and oxygen atoms in total. The van der Waals surface area contributed by atoms with Crippen molar-refractivity contribution in [1.82, 2.24) is 4.57 Å². The van der Waals surface area contributed by atoms with Crippen LogP contribution in [0.2, 0.25) is 0 Å². The van der Waals surface area contributed by atoms with Crippen LogP contribution in [0.15, 0.2) is 17.2 Å². The van der Waals surface area contributed by atoms with Gasteiger partial charge in [-0.25, -0.2) is 13.2 Å². The van der Waals surface area contributed by atoms with Gasteiger partial charge in [0.05, 0.1) is 6.61 Å². The summed E-state index contributed by atoms with van der Waals surface area (Å²) in [5.74, 6) is -0.577. The SMILES string of the molecule is CCOC(=O)c1cc(S(=O)(=O)Cl)cn1C. The third-order valence-corrected chi connectivity index (χ3v) is 3.07. The van der Waals surface area contributed by atoms with Gasteiger partial charge < -0.3 is 9.30 Å². The summed E-state index contributed by atoms with van der Waals surface area (Å²) in [6.07, 6.45) is 1.26. The van der Waals surface area contributed by atoms with Crippen molar-refractivity contribution in [1.29, 1.82) is 0 Å². The second kappa shape index (κ2) is 4.24. The average molecular weight is 252 g/mol. The number of carbonyl (C=O) groups is 1. The maximum absolute atomic E-state index is 11.3. The predicted octanol–water partition coefficient (Wildman–Crippen LogP) is 1.13. The summed E-state index contributed by atoms with van der Waals surface area (Å²) in [6.45, 7) is 1.90. The van der Waals surface area contributed by atoms with E-state index >= 15 is 0 Å². The molecule has 0 fully saturated rings. The first-order valence-electron chi connectivity index (χ1n) is 4.14. The van der Waals surface area contributed by atoms with Crippen molar-refractivity contribution < 1.29 is 17.9 Å². The van der Waals surface area contributed by atoms with E-state index in [1.54, 1.807) is 6.92 Å². The Kier molecular flexibility index (Phi) is 3.41. The first kappa shape index (κ1) is 12.1. The van der Waals surface area contributed by atoms with E-state index in [0.29, 0.717) is 0 Å². The Labute approximate surface area is 92.0 Å². The van der Waals surface area contributed by atoms with Gasteiger partial charge in [-0.05, 0) is 13.0 Å². The fourth-order valence-electron chi connectivity index (χ4n) is 1.08. The van der Waals surface area contributed by atoms with Crippen molar-refractivity contribution in [3.05, 3.63) is 18.0 Å². The summed E-state index contributed by atoms with van der Waals surface area (Å²) in [5.41, 5.74) is 0.149. The number of aryl methyl sites for hydroxylation is 1. The molecule has 0 aliphatic heterocycles. The van der Waals surface area contributed by atoms with Crippen molar-refractivity contribution in [2.45, 2.75) is 11.8 Å². The number of esters is 1. The van der Waals surface area contributed by atoms with Crippen LogP contribution in [0.4, 0.5) is 0 Å². The van der Waals surface area contributed by atoms with Gasteiger partial charge in [-0.3, -0.25) is 0 Å². The quantitative estimate of drug-likeness (QED) is 0.597. The summed E-state index contributed by atoms with van der Waals surface area (Å²) in [7, 11) is 2.86. The van der Waals surface area contributed by atoms with Gasteiger partial charge in [0.2, 0.25) is 0 Å². The van der Waals surface area contributed by atoms with Crippen LogP contribution < -0.4 is 0 Å². The molecule has 7 heteroatoms. The molecule has 0 N–H and O–H groups in total. The van der Waals surface area contributed by atoms with Gasteiger partial charge in [-0.1, -0.05) is 0 Å². The molecule has 15 heavy (non-hydrogen) atoms. The highest BCUT2D eigenvalue weighted by Gasteiger charge is 2.18. The van der Waals surface area contributed by atoms with E-state index in [9.17, 15) is 13.2 Å². The number of carbonyl (C=O) groups excluding carboxylic acids is 1. The van der Waals surface area contributed by atoms with Crippen molar-refractivity contribution >= 4 is 25.7 Å². The van der Waals surface area contributed by atoms with Crippen LogP contribution in [0.1, 0.15) is 17.4 Å². The minimum Gasteiger partial charge on any atom is -0.461 e. The van der Waals surface area contributed by atoms with Gasteiger partial charge >= 0.3 is 5.97 Å². The Hall–Kier alpha value is -1.01. The molecule has 1 rings (SSSR count). The highest BCUT2D eigenvalue weighted by molar-refractivity contribution is 8.13. The molecule has 0 aromatic carbocycles. The van der Waals surface area contributed by atoms with E-state index in [0.717, 1.165) is 0 Å². The molecule has 0 unspecified atom stereocenters. The zero-order chi connectivity index (χ0) is 11.6.